The van der Waals surface area contributed by atoms with E-state index in [9.17, 15) is 14.4 Å². The lowest BCUT2D eigenvalue weighted by molar-refractivity contribution is -0.137. The minimum atomic E-state index is -0.669. The number of nitrogens with zero attached hydrogens (tertiary/aromatic N) is 1. The van der Waals surface area contributed by atoms with Crippen molar-refractivity contribution in [2.75, 3.05) is 23.9 Å². The van der Waals surface area contributed by atoms with E-state index in [1.54, 1.807) is 42.2 Å². The van der Waals surface area contributed by atoms with Gasteiger partial charge in [0.25, 0.3) is 5.91 Å². The summed E-state index contributed by atoms with van der Waals surface area (Å²) in [7, 11) is 1.26. The molecule has 3 aromatic rings. The number of hydrogen-bond donors (Lipinski definition) is 1. The Balaban J connectivity index is 1.54. The van der Waals surface area contributed by atoms with E-state index in [-0.39, 0.29) is 18.1 Å². The predicted octanol–water partition coefficient (Wildman–Crippen LogP) is 5.51. The highest BCUT2D eigenvalue weighted by molar-refractivity contribution is 6.30. The van der Waals surface area contributed by atoms with Crippen LogP contribution in [-0.2, 0) is 19.1 Å². The number of benzene rings is 3. The summed E-state index contributed by atoms with van der Waals surface area (Å²) in [5, 5.41) is 2.80. The number of esters is 1. The molecule has 0 fully saturated rings. The first-order valence-corrected chi connectivity index (χ1v) is 12.2. The van der Waals surface area contributed by atoms with Crippen molar-refractivity contribution < 1.29 is 23.9 Å². The number of aryl methyl sites for hydroxylation is 3. The normalized spacial score (nSPS) is 14.2. The van der Waals surface area contributed by atoms with Crippen LogP contribution in [0.1, 0.15) is 29.2 Å². The zero-order chi connectivity index (χ0) is 27.4. The number of allylic oxidation sites excluding steroid dienone is 2. The van der Waals surface area contributed by atoms with Gasteiger partial charge >= 0.3 is 5.97 Å². The average molecular weight is 511 g/mol. The number of ketones is 1. The second kappa shape index (κ2) is 11.2. The zero-order valence-corrected chi connectivity index (χ0v) is 22.1. The number of nitrogens with one attached hydrogen (secondary N) is 1. The van der Waals surface area contributed by atoms with Crippen molar-refractivity contribution in [1.82, 2.24) is 0 Å². The van der Waals surface area contributed by atoms with E-state index in [4.69, 9.17) is 9.47 Å². The monoisotopic (exact) mass is 510 g/mol. The van der Waals surface area contributed by atoms with Crippen molar-refractivity contribution in [2.45, 2.75) is 27.7 Å². The van der Waals surface area contributed by atoms with Crippen molar-refractivity contribution in [3.63, 3.8) is 0 Å². The lowest BCUT2D eigenvalue weighted by atomic mass is 10.1. The third-order valence-electron chi connectivity index (χ3n) is 6.14. The van der Waals surface area contributed by atoms with E-state index >= 15 is 0 Å². The lowest BCUT2D eigenvalue weighted by Crippen LogP contribution is -2.20. The summed E-state index contributed by atoms with van der Waals surface area (Å²) in [5.41, 5.74) is 6.29. The minimum Gasteiger partial charge on any atom is -0.484 e. The summed E-state index contributed by atoms with van der Waals surface area (Å²) in [5.74, 6) is -0.822. The SMILES string of the molecule is COC(=O)C1=C(C)N(c2cc(C)cc(C)c2)/C(=C\c2ccc(OCC(=O)Nc3ccc(C)cc3)cc2)C1=O. The van der Waals surface area contributed by atoms with Gasteiger partial charge in [-0.25, -0.2) is 4.79 Å². The maximum absolute atomic E-state index is 13.3. The van der Waals surface area contributed by atoms with E-state index in [2.05, 4.69) is 5.32 Å². The molecule has 0 bridgehead atoms. The van der Waals surface area contributed by atoms with Gasteiger partial charge < -0.3 is 19.7 Å². The molecule has 0 atom stereocenters. The molecule has 0 aromatic heterocycles. The van der Waals surface area contributed by atoms with Crippen molar-refractivity contribution in [1.29, 1.82) is 0 Å². The van der Waals surface area contributed by atoms with Gasteiger partial charge in [0, 0.05) is 17.1 Å². The topological polar surface area (TPSA) is 84.9 Å². The Bertz CT molecular complexity index is 1430. The molecule has 1 amide bonds. The lowest BCUT2D eigenvalue weighted by Gasteiger charge is -2.22. The Morgan fingerprint density at radius 3 is 2.11 bits per heavy atom. The van der Waals surface area contributed by atoms with E-state index in [0.717, 1.165) is 27.9 Å². The number of amides is 1. The van der Waals surface area contributed by atoms with Crippen molar-refractivity contribution >= 4 is 35.1 Å². The largest absolute Gasteiger partial charge is 0.484 e. The molecule has 4 rings (SSSR count). The molecule has 3 aromatic carbocycles. The Morgan fingerprint density at radius 2 is 1.50 bits per heavy atom. The van der Waals surface area contributed by atoms with Gasteiger partial charge in [0.2, 0.25) is 5.78 Å². The highest BCUT2D eigenvalue weighted by Crippen LogP contribution is 2.36. The van der Waals surface area contributed by atoms with Crippen LogP contribution in [0.2, 0.25) is 0 Å². The van der Waals surface area contributed by atoms with Gasteiger partial charge in [-0.05, 0) is 86.9 Å². The molecule has 7 heteroatoms. The molecule has 1 heterocycles. The summed E-state index contributed by atoms with van der Waals surface area (Å²) < 4.78 is 10.5. The molecule has 0 spiro atoms. The first kappa shape index (κ1) is 26.4. The van der Waals surface area contributed by atoms with Crippen LogP contribution in [0, 0.1) is 20.8 Å². The summed E-state index contributed by atoms with van der Waals surface area (Å²) in [6.45, 7) is 7.55. The van der Waals surface area contributed by atoms with Crippen LogP contribution in [0.5, 0.6) is 5.75 Å². The fourth-order valence-corrected chi connectivity index (χ4v) is 4.37. The highest BCUT2D eigenvalue weighted by Gasteiger charge is 2.38. The fourth-order valence-electron chi connectivity index (χ4n) is 4.37. The third-order valence-corrected chi connectivity index (χ3v) is 6.14. The quantitative estimate of drug-likeness (QED) is 0.256. The molecule has 1 aliphatic heterocycles. The average Bonchev–Trinajstić information content (AvgIpc) is 3.12. The van der Waals surface area contributed by atoms with Crippen LogP contribution in [0.25, 0.3) is 6.08 Å². The Labute approximate surface area is 222 Å². The van der Waals surface area contributed by atoms with Crippen LogP contribution in [-0.4, -0.2) is 31.4 Å². The summed E-state index contributed by atoms with van der Waals surface area (Å²) in [6, 6.07) is 20.5. The first-order valence-electron chi connectivity index (χ1n) is 12.2. The number of anilines is 2. The van der Waals surface area contributed by atoms with Crippen LogP contribution >= 0.6 is 0 Å². The number of carbonyl (C=O) groups excluding carboxylic acids is 3. The van der Waals surface area contributed by atoms with E-state index in [1.807, 2.05) is 63.2 Å². The summed E-state index contributed by atoms with van der Waals surface area (Å²) in [6.07, 6.45) is 1.73. The van der Waals surface area contributed by atoms with Gasteiger partial charge in [-0.2, -0.15) is 0 Å². The summed E-state index contributed by atoms with van der Waals surface area (Å²) >= 11 is 0. The predicted molar refractivity (Wildman–Crippen MR) is 148 cm³/mol. The molecule has 7 nitrogen and oxygen atoms in total. The molecule has 0 radical (unpaired) electrons. The van der Waals surface area contributed by atoms with Crippen LogP contribution in [0.15, 0.2) is 83.7 Å². The second-order valence-corrected chi connectivity index (χ2v) is 9.26. The minimum absolute atomic E-state index is 0.0115. The molecule has 1 aliphatic rings. The number of methoxy groups -OCH3 is 1. The first-order chi connectivity index (χ1) is 18.2. The molecule has 194 valence electrons. The molecule has 0 aliphatic carbocycles. The van der Waals surface area contributed by atoms with Crippen molar-refractivity contribution in [3.8, 4) is 5.75 Å². The maximum atomic E-state index is 13.3. The van der Waals surface area contributed by atoms with Crippen LogP contribution in [0.3, 0.4) is 0 Å². The fraction of sp³-hybridized carbons (Fsp3) is 0.194. The molecular weight excluding hydrogens is 480 g/mol. The van der Waals surface area contributed by atoms with Crippen molar-refractivity contribution in [3.05, 3.63) is 106 Å². The van der Waals surface area contributed by atoms with Crippen molar-refractivity contribution in [2.24, 2.45) is 0 Å². The summed E-state index contributed by atoms with van der Waals surface area (Å²) in [4.78, 5) is 39.8. The van der Waals surface area contributed by atoms with Gasteiger partial charge in [0.05, 0.1) is 12.8 Å². The van der Waals surface area contributed by atoms with Crippen LogP contribution < -0.4 is 15.0 Å². The Morgan fingerprint density at radius 1 is 0.868 bits per heavy atom. The molecule has 0 unspecified atom stereocenters. The Hall–Kier alpha value is -4.65. The number of carbonyl (C=O) groups is 3. The molecule has 0 saturated heterocycles. The highest BCUT2D eigenvalue weighted by atomic mass is 16.5. The Kier molecular flexibility index (Phi) is 7.76. The number of hydrogen-bond acceptors (Lipinski definition) is 6. The number of ether oxygens (including phenoxy) is 2. The molecule has 0 saturated carbocycles. The molecule has 38 heavy (non-hydrogen) atoms. The number of Topliss-reactive ketones (excluding diaryl/α,β-unsaturated/α-hetero) is 1. The smallest absolute Gasteiger partial charge is 0.343 e. The maximum Gasteiger partial charge on any atom is 0.343 e. The van der Waals surface area contributed by atoms with Gasteiger partial charge in [0.15, 0.2) is 6.61 Å². The third kappa shape index (κ3) is 5.83. The van der Waals surface area contributed by atoms with Gasteiger partial charge in [-0.1, -0.05) is 35.9 Å². The van der Waals surface area contributed by atoms with Gasteiger partial charge in [-0.3, -0.25) is 9.59 Å². The second-order valence-electron chi connectivity index (χ2n) is 9.26. The zero-order valence-electron chi connectivity index (χ0n) is 22.1. The van der Waals surface area contributed by atoms with E-state index in [1.165, 1.54) is 7.11 Å². The van der Waals surface area contributed by atoms with E-state index < -0.39 is 11.8 Å². The van der Waals surface area contributed by atoms with Crippen LogP contribution in [0.4, 0.5) is 11.4 Å². The molecule has 1 N–H and O–H groups in total. The van der Waals surface area contributed by atoms with E-state index in [0.29, 0.717) is 22.8 Å². The van der Waals surface area contributed by atoms with Gasteiger partial charge in [0.1, 0.15) is 11.3 Å². The number of rotatable bonds is 7. The molecular formula is C31H30N2O5. The standard InChI is InChI=1S/C31H30N2O5/c1-19-6-10-24(11-7-19)32-28(34)18-38-26-12-8-23(9-13-26)17-27-30(35)29(31(36)37-5)22(4)33(27)25-15-20(2)14-21(3)16-25/h6-17H,18H2,1-5H3,(H,32,34)/b27-17-. The van der Waals surface area contributed by atoms with Gasteiger partial charge in [-0.15, -0.1) is 0 Å².